The Bertz CT molecular complexity index is 1130. The average molecular weight is 465 g/mol. The Hall–Kier alpha value is -3.57. The van der Waals surface area contributed by atoms with Gasteiger partial charge in [0.25, 0.3) is 5.56 Å². The van der Waals surface area contributed by atoms with Crippen LogP contribution < -0.4 is 25.8 Å². The highest BCUT2D eigenvalue weighted by Crippen LogP contribution is 2.32. The molecule has 2 amide bonds. The van der Waals surface area contributed by atoms with Gasteiger partial charge in [0, 0.05) is 30.8 Å². The van der Waals surface area contributed by atoms with E-state index in [0.717, 1.165) is 31.4 Å². The van der Waals surface area contributed by atoms with Crippen LogP contribution in [0.3, 0.4) is 0 Å². The quantitative estimate of drug-likeness (QED) is 0.639. The van der Waals surface area contributed by atoms with E-state index < -0.39 is 35.4 Å². The highest BCUT2D eigenvalue weighted by atomic mass is 19.4. The molecule has 1 aromatic carbocycles. The lowest BCUT2D eigenvalue weighted by molar-refractivity contribution is -0.274. The summed E-state index contributed by atoms with van der Waals surface area (Å²) in [6, 6.07) is 4.89. The maximum atomic E-state index is 12.9. The zero-order valence-electron chi connectivity index (χ0n) is 17.7. The number of fused-ring (bicyclic) bond motifs is 1. The lowest BCUT2D eigenvalue weighted by atomic mass is 9.92. The van der Waals surface area contributed by atoms with Crippen LogP contribution in [0.25, 0.3) is 0 Å². The minimum atomic E-state index is -4.88. The second-order valence-electron chi connectivity index (χ2n) is 8.06. The van der Waals surface area contributed by atoms with E-state index in [1.165, 1.54) is 12.1 Å². The third kappa shape index (κ3) is 5.10. The Morgan fingerprint density at radius 2 is 2.06 bits per heavy atom. The molecule has 1 aromatic heterocycles. The second-order valence-corrected chi connectivity index (χ2v) is 8.06. The number of hydrogen-bond acceptors (Lipinski definition) is 6. The predicted octanol–water partition coefficient (Wildman–Crippen LogP) is 3.11. The lowest BCUT2D eigenvalue weighted by Gasteiger charge is -2.34. The van der Waals surface area contributed by atoms with E-state index in [1.807, 2.05) is 11.8 Å². The first kappa shape index (κ1) is 22.6. The number of nitrogens with one attached hydrogen (secondary N) is 3. The van der Waals surface area contributed by atoms with Gasteiger partial charge >= 0.3 is 6.36 Å². The van der Waals surface area contributed by atoms with Crippen LogP contribution in [0.5, 0.6) is 5.75 Å². The lowest BCUT2D eigenvalue weighted by Crippen LogP contribution is -2.42. The van der Waals surface area contributed by atoms with Crippen molar-refractivity contribution in [2.75, 3.05) is 22.1 Å². The highest BCUT2D eigenvalue weighted by Gasteiger charge is 2.36. The number of anilines is 3. The molecule has 1 fully saturated rings. The number of carbonyl (C=O) groups excluding carboxylic acids is 2. The van der Waals surface area contributed by atoms with Gasteiger partial charge in [-0.1, -0.05) is 6.07 Å². The van der Waals surface area contributed by atoms with Gasteiger partial charge in [-0.3, -0.25) is 19.4 Å². The number of halogens is 3. The van der Waals surface area contributed by atoms with Gasteiger partial charge in [0.15, 0.2) is 0 Å². The SMILES string of the molecule is C[C@@H]1CCCCN1c1nc2c(c(=O)[nH]1)[C@@H](C(=O)Nc1cccc(OC(F)(F)F)c1)CC(=O)N2. The van der Waals surface area contributed by atoms with Crippen LogP contribution in [-0.2, 0) is 9.59 Å². The number of nitrogens with zero attached hydrogens (tertiary/aromatic N) is 2. The van der Waals surface area contributed by atoms with Crippen molar-refractivity contribution in [1.29, 1.82) is 0 Å². The molecular formula is C21H22F3N5O4. The second kappa shape index (κ2) is 8.75. The van der Waals surface area contributed by atoms with Crippen molar-refractivity contribution in [3.8, 4) is 5.75 Å². The molecule has 0 aliphatic carbocycles. The van der Waals surface area contributed by atoms with Crippen LogP contribution in [0, 0.1) is 0 Å². The fraction of sp³-hybridized carbons (Fsp3) is 0.429. The van der Waals surface area contributed by atoms with Crippen LogP contribution in [0.15, 0.2) is 29.1 Å². The maximum absolute atomic E-state index is 12.9. The van der Waals surface area contributed by atoms with E-state index in [0.29, 0.717) is 12.5 Å². The largest absolute Gasteiger partial charge is 0.573 e. The number of alkyl halides is 3. The van der Waals surface area contributed by atoms with Crippen LogP contribution in [0.4, 0.5) is 30.6 Å². The predicted molar refractivity (Wildman–Crippen MR) is 113 cm³/mol. The molecule has 176 valence electrons. The Labute approximate surface area is 186 Å². The normalized spacial score (nSPS) is 20.6. The average Bonchev–Trinajstić information content (AvgIpc) is 2.72. The van der Waals surface area contributed by atoms with E-state index >= 15 is 0 Å². The van der Waals surface area contributed by atoms with Crippen molar-refractivity contribution >= 4 is 29.3 Å². The van der Waals surface area contributed by atoms with Crippen LogP contribution >= 0.6 is 0 Å². The molecule has 12 heteroatoms. The van der Waals surface area contributed by atoms with E-state index in [-0.39, 0.29) is 29.5 Å². The summed E-state index contributed by atoms with van der Waals surface area (Å²) in [6.07, 6.45) is -2.23. The van der Waals surface area contributed by atoms with Gasteiger partial charge in [0.1, 0.15) is 11.6 Å². The molecule has 0 bridgehead atoms. The first-order chi connectivity index (χ1) is 15.6. The number of piperidine rings is 1. The minimum absolute atomic E-state index is 0.00297. The summed E-state index contributed by atoms with van der Waals surface area (Å²) in [6.45, 7) is 2.72. The summed E-state index contributed by atoms with van der Waals surface area (Å²) in [5, 5.41) is 5.01. The van der Waals surface area contributed by atoms with Crippen LogP contribution in [0.2, 0.25) is 0 Å². The summed E-state index contributed by atoms with van der Waals surface area (Å²) in [5.41, 5.74) is -0.525. The van der Waals surface area contributed by atoms with Crippen molar-refractivity contribution in [2.45, 2.75) is 50.9 Å². The molecule has 1 saturated heterocycles. The molecule has 2 aliphatic heterocycles. The van der Waals surface area contributed by atoms with Gasteiger partial charge in [0.05, 0.1) is 11.5 Å². The number of amides is 2. The molecule has 0 radical (unpaired) electrons. The first-order valence-corrected chi connectivity index (χ1v) is 10.5. The van der Waals surface area contributed by atoms with Crippen molar-refractivity contribution < 1.29 is 27.5 Å². The number of aromatic nitrogens is 2. The van der Waals surface area contributed by atoms with Gasteiger partial charge in [0.2, 0.25) is 17.8 Å². The van der Waals surface area contributed by atoms with E-state index in [9.17, 15) is 27.6 Å². The number of ether oxygens (including phenoxy) is 1. The molecular weight excluding hydrogens is 443 g/mol. The van der Waals surface area contributed by atoms with Crippen molar-refractivity contribution in [3.05, 3.63) is 40.2 Å². The molecule has 33 heavy (non-hydrogen) atoms. The van der Waals surface area contributed by atoms with Crippen molar-refractivity contribution in [1.82, 2.24) is 9.97 Å². The summed E-state index contributed by atoms with van der Waals surface area (Å²) < 4.78 is 41.3. The Balaban J connectivity index is 1.60. The van der Waals surface area contributed by atoms with E-state index in [4.69, 9.17) is 0 Å². The maximum Gasteiger partial charge on any atom is 0.573 e. The topological polar surface area (TPSA) is 116 Å². The zero-order chi connectivity index (χ0) is 23.8. The molecule has 3 N–H and O–H groups in total. The number of rotatable bonds is 4. The van der Waals surface area contributed by atoms with Gasteiger partial charge in [-0.15, -0.1) is 13.2 Å². The molecule has 4 rings (SSSR count). The van der Waals surface area contributed by atoms with Crippen molar-refractivity contribution in [2.24, 2.45) is 0 Å². The highest BCUT2D eigenvalue weighted by molar-refractivity contribution is 6.04. The van der Waals surface area contributed by atoms with Gasteiger partial charge < -0.3 is 20.3 Å². The molecule has 9 nitrogen and oxygen atoms in total. The number of aromatic amines is 1. The smallest absolute Gasteiger partial charge is 0.406 e. The molecule has 2 atom stereocenters. The third-order valence-electron chi connectivity index (χ3n) is 5.67. The summed E-state index contributed by atoms with van der Waals surface area (Å²) >= 11 is 0. The van der Waals surface area contributed by atoms with Gasteiger partial charge in [-0.05, 0) is 38.3 Å². The summed E-state index contributed by atoms with van der Waals surface area (Å²) in [7, 11) is 0. The standard InChI is InChI=1S/C21H22F3N5O4/c1-11-5-2-3-8-29(11)20-27-17-16(19(32)28-20)14(10-15(30)26-17)18(31)25-12-6-4-7-13(9-12)33-21(22,23)24/h4,6-7,9,11,14H,2-3,5,8,10H2,1H3,(H,25,31)(H2,26,27,28,30,32)/t11-,14+/m1/s1. The van der Waals surface area contributed by atoms with E-state index in [1.54, 1.807) is 0 Å². The molecule has 2 aliphatic rings. The van der Waals surface area contributed by atoms with Gasteiger partial charge in [-0.2, -0.15) is 4.98 Å². The fourth-order valence-corrected chi connectivity index (χ4v) is 4.13. The minimum Gasteiger partial charge on any atom is -0.406 e. The van der Waals surface area contributed by atoms with Crippen molar-refractivity contribution in [3.63, 3.8) is 0 Å². The Morgan fingerprint density at radius 3 is 2.79 bits per heavy atom. The summed E-state index contributed by atoms with van der Waals surface area (Å²) in [4.78, 5) is 47.2. The number of benzene rings is 1. The van der Waals surface area contributed by atoms with Crippen LogP contribution in [0.1, 0.15) is 44.1 Å². The monoisotopic (exact) mass is 465 g/mol. The number of hydrogen-bond donors (Lipinski definition) is 3. The molecule has 2 aromatic rings. The third-order valence-corrected chi connectivity index (χ3v) is 5.67. The molecule has 0 saturated carbocycles. The molecule has 0 spiro atoms. The fourth-order valence-electron chi connectivity index (χ4n) is 4.13. The zero-order valence-corrected chi connectivity index (χ0v) is 17.7. The number of H-pyrrole nitrogens is 1. The Kier molecular flexibility index (Phi) is 6.00. The molecule has 0 unspecified atom stereocenters. The number of carbonyl (C=O) groups is 2. The van der Waals surface area contributed by atoms with E-state index in [2.05, 4.69) is 25.3 Å². The first-order valence-electron chi connectivity index (χ1n) is 10.5. The van der Waals surface area contributed by atoms with Crippen LogP contribution in [-0.4, -0.2) is 40.7 Å². The Morgan fingerprint density at radius 1 is 1.27 bits per heavy atom. The molecule has 3 heterocycles. The van der Waals surface area contributed by atoms with Gasteiger partial charge in [-0.25, -0.2) is 0 Å². The summed E-state index contributed by atoms with van der Waals surface area (Å²) in [5.74, 6) is -2.55.